The van der Waals surface area contributed by atoms with Crippen LogP contribution in [0.3, 0.4) is 0 Å². The van der Waals surface area contributed by atoms with E-state index < -0.39 is 22.7 Å². The summed E-state index contributed by atoms with van der Waals surface area (Å²) in [6.45, 7) is 4.70. The van der Waals surface area contributed by atoms with E-state index in [1.807, 2.05) is 0 Å². The van der Waals surface area contributed by atoms with Crippen LogP contribution >= 0.6 is 0 Å². The number of hydrogen-bond acceptors (Lipinski definition) is 6. The van der Waals surface area contributed by atoms with E-state index in [-0.39, 0.29) is 18.7 Å². The lowest BCUT2D eigenvalue weighted by molar-refractivity contribution is -0.384. The van der Waals surface area contributed by atoms with Crippen molar-refractivity contribution in [2.45, 2.75) is 38.8 Å². The lowest BCUT2D eigenvalue weighted by atomic mass is 10.0. The fourth-order valence-corrected chi connectivity index (χ4v) is 1.81. The molecule has 1 unspecified atom stereocenters. The van der Waals surface area contributed by atoms with Gasteiger partial charge in [-0.05, 0) is 32.8 Å². The highest BCUT2D eigenvalue weighted by molar-refractivity contribution is 5.67. The van der Waals surface area contributed by atoms with E-state index in [1.165, 1.54) is 24.3 Å². The van der Waals surface area contributed by atoms with Crippen LogP contribution in [0.15, 0.2) is 24.3 Å². The zero-order valence-corrected chi connectivity index (χ0v) is 12.7. The summed E-state index contributed by atoms with van der Waals surface area (Å²) in [5.41, 5.74) is -0.432. The first-order chi connectivity index (χ1) is 10.2. The summed E-state index contributed by atoms with van der Waals surface area (Å²) in [6.07, 6.45) is -0.891. The molecule has 1 aromatic carbocycles. The maximum absolute atomic E-state index is 11.9. The number of amides is 1. The highest BCUT2D eigenvalue weighted by Gasteiger charge is 2.28. The maximum atomic E-state index is 11.9. The van der Waals surface area contributed by atoms with Crippen LogP contribution in [0.1, 0.15) is 38.8 Å². The first-order valence-electron chi connectivity index (χ1n) is 6.72. The largest absolute Gasteiger partial charge is 0.442 e. The van der Waals surface area contributed by atoms with Crippen LogP contribution in [0.4, 0.5) is 10.5 Å². The number of hydroxylamine groups is 2. The number of benzene rings is 1. The predicted molar refractivity (Wildman–Crippen MR) is 77.4 cm³/mol. The quantitative estimate of drug-likeness (QED) is 0.491. The van der Waals surface area contributed by atoms with E-state index in [0.717, 1.165) is 0 Å². The molecule has 0 heterocycles. The third-order valence-electron chi connectivity index (χ3n) is 2.77. The van der Waals surface area contributed by atoms with Crippen LogP contribution in [0.2, 0.25) is 0 Å². The van der Waals surface area contributed by atoms with Gasteiger partial charge < -0.3 is 9.84 Å². The lowest BCUT2D eigenvalue weighted by Crippen LogP contribution is -2.37. The molecule has 0 saturated heterocycles. The molecule has 8 heteroatoms. The van der Waals surface area contributed by atoms with Crippen LogP contribution in [0, 0.1) is 10.1 Å². The highest BCUT2D eigenvalue weighted by Crippen LogP contribution is 2.26. The van der Waals surface area contributed by atoms with Crippen molar-refractivity contribution in [3.63, 3.8) is 0 Å². The molecule has 2 N–H and O–H groups in total. The van der Waals surface area contributed by atoms with Gasteiger partial charge in [-0.2, -0.15) is 5.06 Å². The smallest absolute Gasteiger partial charge is 0.434 e. The van der Waals surface area contributed by atoms with Crippen molar-refractivity contribution in [3.8, 4) is 0 Å². The van der Waals surface area contributed by atoms with E-state index in [1.54, 1.807) is 20.8 Å². The van der Waals surface area contributed by atoms with Gasteiger partial charge in [0.2, 0.25) is 0 Å². The Kier molecular flexibility index (Phi) is 5.84. The first kappa shape index (κ1) is 17.9. The van der Waals surface area contributed by atoms with Crippen molar-refractivity contribution in [1.29, 1.82) is 0 Å². The molecule has 0 radical (unpaired) electrons. The monoisotopic (exact) mass is 312 g/mol. The van der Waals surface area contributed by atoms with Crippen LogP contribution < -0.4 is 0 Å². The molecule has 22 heavy (non-hydrogen) atoms. The molecule has 1 amide bonds. The summed E-state index contributed by atoms with van der Waals surface area (Å²) in [7, 11) is 0. The van der Waals surface area contributed by atoms with Crippen LogP contribution in [0.5, 0.6) is 0 Å². The molecule has 8 nitrogen and oxygen atoms in total. The Hall–Kier alpha value is -2.19. The standard InChI is InChI=1S/C14H20N2O6/c1-14(2,3)22-13(18)15(19)12(8-9-17)10-4-6-11(7-5-10)16(20)21/h4-7,12,17,19H,8-9H2,1-3H3. The van der Waals surface area contributed by atoms with Gasteiger partial charge in [0.15, 0.2) is 0 Å². The second-order valence-electron chi connectivity index (χ2n) is 5.70. The zero-order chi connectivity index (χ0) is 16.9. The van der Waals surface area contributed by atoms with E-state index in [4.69, 9.17) is 9.84 Å². The minimum absolute atomic E-state index is 0.0630. The lowest BCUT2D eigenvalue weighted by Gasteiger charge is -2.28. The van der Waals surface area contributed by atoms with Crippen LogP contribution in [0.25, 0.3) is 0 Å². The Bertz CT molecular complexity index is 523. The van der Waals surface area contributed by atoms with Gasteiger partial charge in [-0.25, -0.2) is 4.79 Å². The molecule has 1 rings (SSSR count). The van der Waals surface area contributed by atoms with E-state index in [9.17, 15) is 20.1 Å². The topological polar surface area (TPSA) is 113 Å². The summed E-state index contributed by atoms with van der Waals surface area (Å²) in [5.74, 6) is 0. The Morgan fingerprint density at radius 2 is 1.91 bits per heavy atom. The molecule has 0 aromatic heterocycles. The van der Waals surface area contributed by atoms with Gasteiger partial charge >= 0.3 is 6.09 Å². The van der Waals surface area contributed by atoms with Crippen molar-refractivity contribution >= 4 is 11.8 Å². The number of rotatable bonds is 5. The normalized spacial score (nSPS) is 12.6. The molecule has 122 valence electrons. The molecule has 1 aromatic rings. The summed E-state index contributed by atoms with van der Waals surface area (Å²) >= 11 is 0. The van der Waals surface area contributed by atoms with Crippen molar-refractivity contribution in [1.82, 2.24) is 5.06 Å². The first-order valence-corrected chi connectivity index (χ1v) is 6.72. The molecule has 0 aliphatic rings. The summed E-state index contributed by atoms with van der Waals surface area (Å²) in [6, 6.07) is 4.52. The number of nitrogens with zero attached hydrogens (tertiary/aromatic N) is 2. The maximum Gasteiger partial charge on any atom is 0.434 e. The van der Waals surface area contributed by atoms with Crippen molar-refractivity contribution in [3.05, 3.63) is 39.9 Å². The van der Waals surface area contributed by atoms with Crippen LogP contribution in [-0.4, -0.2) is 38.6 Å². The number of carbonyl (C=O) groups excluding carboxylic acids is 1. The van der Waals surface area contributed by atoms with E-state index >= 15 is 0 Å². The van der Waals surface area contributed by atoms with Gasteiger partial charge in [0.25, 0.3) is 5.69 Å². The Morgan fingerprint density at radius 1 is 1.36 bits per heavy atom. The Labute approximate surface area is 128 Å². The highest BCUT2D eigenvalue weighted by atomic mass is 16.6. The molecule has 0 spiro atoms. The molecule has 0 bridgehead atoms. The fraction of sp³-hybridized carbons (Fsp3) is 0.500. The molecule has 0 aliphatic heterocycles. The fourth-order valence-electron chi connectivity index (χ4n) is 1.81. The van der Waals surface area contributed by atoms with E-state index in [0.29, 0.717) is 10.6 Å². The summed E-state index contributed by atoms with van der Waals surface area (Å²) in [4.78, 5) is 22.0. The zero-order valence-electron chi connectivity index (χ0n) is 12.7. The molecule has 0 saturated carbocycles. The average Bonchev–Trinajstić information content (AvgIpc) is 2.42. The molecule has 1 atom stereocenters. The molecule has 0 fully saturated rings. The number of nitro groups is 1. The van der Waals surface area contributed by atoms with Gasteiger partial charge in [0, 0.05) is 18.7 Å². The number of aliphatic hydroxyl groups excluding tert-OH is 1. The second-order valence-corrected chi connectivity index (χ2v) is 5.70. The number of non-ortho nitro benzene ring substituents is 1. The third kappa shape index (κ3) is 4.97. The van der Waals surface area contributed by atoms with Gasteiger partial charge in [-0.15, -0.1) is 0 Å². The number of hydrogen-bond donors (Lipinski definition) is 2. The van der Waals surface area contributed by atoms with Gasteiger partial charge in [-0.3, -0.25) is 15.3 Å². The molecular formula is C14H20N2O6. The number of ether oxygens (including phenoxy) is 1. The van der Waals surface area contributed by atoms with Crippen molar-refractivity contribution in [2.24, 2.45) is 0 Å². The van der Waals surface area contributed by atoms with E-state index in [2.05, 4.69) is 0 Å². The van der Waals surface area contributed by atoms with Gasteiger partial charge in [-0.1, -0.05) is 12.1 Å². The summed E-state index contributed by atoms with van der Waals surface area (Å²) < 4.78 is 5.06. The Morgan fingerprint density at radius 3 is 2.32 bits per heavy atom. The van der Waals surface area contributed by atoms with Crippen molar-refractivity contribution in [2.75, 3.05) is 6.61 Å². The molecular weight excluding hydrogens is 292 g/mol. The Balaban J connectivity index is 2.96. The van der Waals surface area contributed by atoms with Gasteiger partial charge in [0.05, 0.1) is 11.0 Å². The second kappa shape index (κ2) is 7.19. The predicted octanol–water partition coefficient (Wildman–Crippen LogP) is 2.64. The minimum atomic E-state index is -0.954. The number of aliphatic hydroxyl groups is 1. The molecule has 0 aliphatic carbocycles. The third-order valence-corrected chi connectivity index (χ3v) is 2.77. The summed E-state index contributed by atoms with van der Waals surface area (Å²) in [5, 5.41) is 30.2. The van der Waals surface area contributed by atoms with Gasteiger partial charge in [0.1, 0.15) is 5.60 Å². The number of nitro benzene ring substituents is 1. The van der Waals surface area contributed by atoms with Crippen LogP contribution in [-0.2, 0) is 4.74 Å². The van der Waals surface area contributed by atoms with Crippen molar-refractivity contribution < 1.29 is 24.8 Å². The SMILES string of the molecule is CC(C)(C)OC(=O)N(O)C(CCO)c1ccc([N+](=O)[O-])cc1. The average molecular weight is 312 g/mol. The minimum Gasteiger partial charge on any atom is -0.442 e. The number of carbonyl (C=O) groups is 1.